The Labute approximate surface area is 158 Å². The molecule has 0 atom stereocenters. The van der Waals surface area contributed by atoms with Crippen molar-refractivity contribution in [3.63, 3.8) is 0 Å². The molecule has 2 aromatic rings. The third kappa shape index (κ3) is 3.34. The van der Waals surface area contributed by atoms with Crippen molar-refractivity contribution in [1.82, 2.24) is 4.98 Å². The van der Waals surface area contributed by atoms with Crippen LogP contribution in [0.15, 0.2) is 35.4 Å². The summed E-state index contributed by atoms with van der Waals surface area (Å²) in [5, 5.41) is 10.2. The molecule has 0 bridgehead atoms. The summed E-state index contributed by atoms with van der Waals surface area (Å²) in [4.78, 5) is 19.4. The maximum atomic E-state index is 12.8. The van der Waals surface area contributed by atoms with Crippen LogP contribution >= 0.6 is 11.8 Å². The molecule has 0 unspecified atom stereocenters. The molecule has 0 spiro atoms. The quantitative estimate of drug-likeness (QED) is 0.776. The van der Waals surface area contributed by atoms with Crippen LogP contribution in [0.1, 0.15) is 41.6 Å². The first kappa shape index (κ1) is 17.1. The van der Waals surface area contributed by atoms with Crippen LogP contribution in [0.3, 0.4) is 0 Å². The van der Waals surface area contributed by atoms with E-state index in [2.05, 4.69) is 12.1 Å². The van der Waals surface area contributed by atoms with E-state index in [9.17, 15) is 10.1 Å². The normalized spacial score (nSPS) is 15.7. The standard InChI is InChI=1S/C21H21N3OS/c22-13-17-12-16-7-1-3-9-18(16)23-21(17)26-14-20(25)24-11-5-8-15-6-2-4-10-19(15)24/h2,4,6,10,12H,1,3,5,7-9,11,14H2. The minimum Gasteiger partial charge on any atom is -0.311 e. The zero-order chi connectivity index (χ0) is 17.9. The Morgan fingerprint density at radius 2 is 1.96 bits per heavy atom. The van der Waals surface area contributed by atoms with Gasteiger partial charge >= 0.3 is 0 Å². The smallest absolute Gasteiger partial charge is 0.237 e. The molecule has 5 heteroatoms. The number of para-hydroxylation sites is 1. The number of hydrogen-bond acceptors (Lipinski definition) is 4. The Bertz CT molecular complexity index is 887. The van der Waals surface area contributed by atoms with Crippen LogP contribution < -0.4 is 4.90 Å². The van der Waals surface area contributed by atoms with E-state index in [1.807, 2.05) is 29.2 Å². The second kappa shape index (κ2) is 7.51. The summed E-state index contributed by atoms with van der Waals surface area (Å²) in [6.45, 7) is 0.763. The van der Waals surface area contributed by atoms with Crippen LogP contribution in [-0.2, 0) is 24.1 Å². The number of pyridine rings is 1. The molecule has 0 N–H and O–H groups in total. The lowest BCUT2D eigenvalue weighted by atomic mass is 9.95. The van der Waals surface area contributed by atoms with Gasteiger partial charge in [-0.05, 0) is 61.8 Å². The van der Waals surface area contributed by atoms with Crippen molar-refractivity contribution in [1.29, 1.82) is 5.26 Å². The molecule has 0 saturated carbocycles. The SMILES string of the molecule is N#Cc1cc2c(nc1SCC(=O)N1CCCc3ccccc31)CCCC2. The number of nitrogens with zero attached hydrogens (tertiary/aromatic N) is 3. The Kier molecular flexibility index (Phi) is 4.94. The number of nitriles is 1. The summed E-state index contributed by atoms with van der Waals surface area (Å²) in [6.07, 6.45) is 6.32. The van der Waals surface area contributed by atoms with E-state index in [0.717, 1.165) is 50.0 Å². The van der Waals surface area contributed by atoms with E-state index in [0.29, 0.717) is 16.3 Å². The number of amides is 1. The highest BCUT2D eigenvalue weighted by molar-refractivity contribution is 8.00. The van der Waals surface area contributed by atoms with Crippen LogP contribution in [0.25, 0.3) is 0 Å². The minimum absolute atomic E-state index is 0.0885. The second-order valence-electron chi connectivity index (χ2n) is 6.83. The van der Waals surface area contributed by atoms with Gasteiger partial charge in [0, 0.05) is 17.9 Å². The number of hydrogen-bond donors (Lipinski definition) is 0. The molecule has 2 aliphatic rings. The largest absolute Gasteiger partial charge is 0.311 e. The third-order valence-corrected chi connectivity index (χ3v) is 6.11. The highest BCUT2D eigenvalue weighted by Crippen LogP contribution is 2.30. The molecule has 1 aliphatic heterocycles. The fraction of sp³-hybridized carbons (Fsp3) is 0.381. The average Bonchev–Trinajstić information content (AvgIpc) is 2.70. The van der Waals surface area contributed by atoms with Gasteiger partial charge in [0.2, 0.25) is 5.91 Å². The van der Waals surface area contributed by atoms with Crippen molar-refractivity contribution >= 4 is 23.4 Å². The summed E-state index contributed by atoms with van der Waals surface area (Å²) in [7, 11) is 0. The van der Waals surface area contributed by atoms with E-state index in [-0.39, 0.29) is 5.91 Å². The number of anilines is 1. The number of carbonyl (C=O) groups excluding carboxylic acids is 1. The van der Waals surface area contributed by atoms with Crippen LogP contribution in [-0.4, -0.2) is 23.2 Å². The molecule has 0 saturated heterocycles. The molecule has 132 valence electrons. The number of thioether (sulfide) groups is 1. The molecule has 1 aromatic carbocycles. The lowest BCUT2D eigenvalue weighted by molar-refractivity contribution is -0.116. The maximum Gasteiger partial charge on any atom is 0.237 e. The molecule has 0 radical (unpaired) electrons. The fourth-order valence-electron chi connectivity index (χ4n) is 3.81. The van der Waals surface area contributed by atoms with Crippen molar-refractivity contribution in [2.24, 2.45) is 0 Å². The van der Waals surface area contributed by atoms with Gasteiger partial charge in [0.05, 0.1) is 11.3 Å². The van der Waals surface area contributed by atoms with Gasteiger partial charge in [0.25, 0.3) is 0 Å². The number of aromatic nitrogens is 1. The Morgan fingerprint density at radius 1 is 1.15 bits per heavy atom. The van der Waals surface area contributed by atoms with Crippen molar-refractivity contribution in [3.8, 4) is 6.07 Å². The number of carbonyl (C=O) groups is 1. The highest BCUT2D eigenvalue weighted by Gasteiger charge is 2.23. The van der Waals surface area contributed by atoms with E-state index in [1.165, 1.54) is 29.3 Å². The molecule has 1 aromatic heterocycles. The predicted molar refractivity (Wildman–Crippen MR) is 103 cm³/mol. The zero-order valence-corrected chi connectivity index (χ0v) is 15.5. The van der Waals surface area contributed by atoms with Gasteiger partial charge in [0.15, 0.2) is 0 Å². The van der Waals surface area contributed by atoms with Crippen LogP contribution in [0, 0.1) is 11.3 Å². The van der Waals surface area contributed by atoms with Gasteiger partial charge in [-0.25, -0.2) is 4.98 Å². The number of benzene rings is 1. The lowest BCUT2D eigenvalue weighted by Crippen LogP contribution is -2.36. The monoisotopic (exact) mass is 363 g/mol. The molecule has 0 fully saturated rings. The van der Waals surface area contributed by atoms with Crippen LogP contribution in [0.4, 0.5) is 5.69 Å². The van der Waals surface area contributed by atoms with Crippen molar-refractivity contribution < 1.29 is 4.79 Å². The predicted octanol–water partition coefficient (Wildman–Crippen LogP) is 3.90. The zero-order valence-electron chi connectivity index (χ0n) is 14.7. The Morgan fingerprint density at radius 3 is 2.85 bits per heavy atom. The highest BCUT2D eigenvalue weighted by atomic mass is 32.2. The number of rotatable bonds is 3. The van der Waals surface area contributed by atoms with Gasteiger partial charge in [-0.15, -0.1) is 0 Å². The first-order valence-electron chi connectivity index (χ1n) is 9.20. The molecule has 2 heterocycles. The van der Waals surface area contributed by atoms with Crippen molar-refractivity contribution in [2.75, 3.05) is 17.2 Å². The van der Waals surface area contributed by atoms with E-state index in [1.54, 1.807) is 0 Å². The van der Waals surface area contributed by atoms with Crippen molar-refractivity contribution in [3.05, 3.63) is 52.7 Å². The van der Waals surface area contributed by atoms with Gasteiger partial charge in [-0.3, -0.25) is 4.79 Å². The lowest BCUT2D eigenvalue weighted by Gasteiger charge is -2.29. The molecule has 4 rings (SSSR count). The summed E-state index contributed by atoms with van der Waals surface area (Å²) in [5.74, 6) is 0.403. The van der Waals surface area contributed by atoms with Gasteiger partial charge < -0.3 is 4.90 Å². The summed E-state index contributed by atoms with van der Waals surface area (Å²) in [6, 6.07) is 12.4. The summed E-state index contributed by atoms with van der Waals surface area (Å²) < 4.78 is 0. The van der Waals surface area contributed by atoms with E-state index >= 15 is 0 Å². The van der Waals surface area contributed by atoms with Crippen LogP contribution in [0.5, 0.6) is 0 Å². The average molecular weight is 363 g/mol. The Balaban J connectivity index is 1.51. The first-order chi connectivity index (χ1) is 12.8. The second-order valence-corrected chi connectivity index (χ2v) is 7.80. The first-order valence-corrected chi connectivity index (χ1v) is 10.2. The van der Waals surface area contributed by atoms with Crippen LogP contribution in [0.2, 0.25) is 0 Å². The van der Waals surface area contributed by atoms with Gasteiger partial charge in [-0.1, -0.05) is 30.0 Å². The molecule has 26 heavy (non-hydrogen) atoms. The molecule has 1 amide bonds. The maximum absolute atomic E-state index is 12.8. The Hall–Kier alpha value is -2.32. The summed E-state index contributed by atoms with van der Waals surface area (Å²) >= 11 is 1.40. The molecular weight excluding hydrogens is 342 g/mol. The number of aryl methyl sites for hydroxylation is 3. The van der Waals surface area contributed by atoms with Crippen molar-refractivity contribution in [2.45, 2.75) is 43.6 Å². The molecule has 4 nitrogen and oxygen atoms in total. The van der Waals surface area contributed by atoms with Gasteiger partial charge in [0.1, 0.15) is 11.1 Å². The number of fused-ring (bicyclic) bond motifs is 2. The van der Waals surface area contributed by atoms with E-state index < -0.39 is 0 Å². The topological polar surface area (TPSA) is 57.0 Å². The van der Waals surface area contributed by atoms with E-state index in [4.69, 9.17) is 4.98 Å². The fourth-order valence-corrected chi connectivity index (χ4v) is 4.66. The molecule has 1 aliphatic carbocycles. The minimum atomic E-state index is 0.0885. The third-order valence-electron chi connectivity index (χ3n) is 5.13. The molecular formula is C21H21N3OS. The van der Waals surface area contributed by atoms with Gasteiger partial charge in [-0.2, -0.15) is 5.26 Å². The summed E-state index contributed by atoms with van der Waals surface area (Å²) in [5.41, 5.74) is 5.18.